The number of phenols is 1. The topological polar surface area (TPSA) is 60.0 Å². The summed E-state index contributed by atoms with van der Waals surface area (Å²) in [5, 5.41) is 13.8. The Kier molecular flexibility index (Phi) is 3.51. The number of ether oxygens (including phenoxy) is 3. The molecule has 1 unspecified atom stereocenters. The van der Waals surface area contributed by atoms with Crippen molar-refractivity contribution >= 4 is 12.4 Å². The smallest absolute Gasteiger partial charge is 0.231 e. The Morgan fingerprint density at radius 2 is 2.08 bits per heavy atom. The second kappa shape index (κ2) is 5.46. The SMILES string of the molecule is COc1c(O)ccc2c1-c1c3c(cc4c1C(C2)NCC4)OCO3.Cl. The van der Waals surface area contributed by atoms with Gasteiger partial charge in [-0.15, -0.1) is 12.4 Å². The molecule has 2 N–H and O–H groups in total. The molecule has 0 fully saturated rings. The molecule has 0 spiro atoms. The van der Waals surface area contributed by atoms with Crippen LogP contribution in [0.15, 0.2) is 18.2 Å². The van der Waals surface area contributed by atoms with Crippen molar-refractivity contribution in [2.24, 2.45) is 0 Å². The average Bonchev–Trinajstić information content (AvgIpc) is 3.03. The maximum atomic E-state index is 10.2. The fraction of sp³-hybridized carbons (Fsp3) is 0.333. The Bertz CT molecular complexity index is 836. The fourth-order valence-corrected chi connectivity index (χ4v) is 4.10. The Hall–Kier alpha value is -2.11. The molecule has 126 valence electrons. The molecule has 2 aliphatic heterocycles. The second-order valence-electron chi connectivity index (χ2n) is 6.17. The molecule has 5 rings (SSSR count). The first-order valence-corrected chi connectivity index (χ1v) is 7.86. The number of methoxy groups -OCH3 is 1. The van der Waals surface area contributed by atoms with Gasteiger partial charge in [0, 0.05) is 17.2 Å². The van der Waals surface area contributed by atoms with E-state index in [1.165, 1.54) is 11.1 Å². The highest BCUT2D eigenvalue weighted by Gasteiger charge is 2.37. The molecular weight excluding hydrogens is 330 g/mol. The summed E-state index contributed by atoms with van der Waals surface area (Å²) < 4.78 is 16.9. The summed E-state index contributed by atoms with van der Waals surface area (Å²) >= 11 is 0. The predicted molar refractivity (Wildman–Crippen MR) is 91.6 cm³/mol. The van der Waals surface area contributed by atoms with Crippen LogP contribution in [0, 0.1) is 0 Å². The molecule has 0 saturated heterocycles. The van der Waals surface area contributed by atoms with E-state index in [0.29, 0.717) is 5.75 Å². The fourth-order valence-electron chi connectivity index (χ4n) is 4.10. The molecule has 5 nitrogen and oxygen atoms in total. The van der Waals surface area contributed by atoms with Gasteiger partial charge < -0.3 is 24.6 Å². The lowest BCUT2D eigenvalue weighted by Gasteiger charge is -2.35. The normalized spacial score (nSPS) is 19.1. The highest BCUT2D eigenvalue weighted by atomic mass is 35.5. The van der Waals surface area contributed by atoms with Gasteiger partial charge in [0.25, 0.3) is 0 Å². The van der Waals surface area contributed by atoms with E-state index in [-0.39, 0.29) is 31.0 Å². The Morgan fingerprint density at radius 1 is 1.21 bits per heavy atom. The minimum absolute atomic E-state index is 0. The summed E-state index contributed by atoms with van der Waals surface area (Å²) in [6, 6.07) is 6.05. The zero-order valence-corrected chi connectivity index (χ0v) is 14.0. The summed E-state index contributed by atoms with van der Waals surface area (Å²) in [5.74, 6) is 2.22. The van der Waals surface area contributed by atoms with Gasteiger partial charge in [-0.3, -0.25) is 0 Å². The van der Waals surface area contributed by atoms with Gasteiger partial charge in [-0.1, -0.05) is 6.07 Å². The molecule has 6 heteroatoms. The molecule has 0 aromatic heterocycles. The van der Waals surface area contributed by atoms with Crippen LogP contribution < -0.4 is 19.5 Å². The van der Waals surface area contributed by atoms with Gasteiger partial charge in [0.1, 0.15) is 0 Å². The van der Waals surface area contributed by atoms with E-state index >= 15 is 0 Å². The van der Waals surface area contributed by atoms with Crippen molar-refractivity contribution in [1.82, 2.24) is 5.32 Å². The van der Waals surface area contributed by atoms with E-state index < -0.39 is 0 Å². The van der Waals surface area contributed by atoms with Crippen molar-refractivity contribution in [2.45, 2.75) is 18.9 Å². The van der Waals surface area contributed by atoms with Gasteiger partial charge in [-0.25, -0.2) is 0 Å². The van der Waals surface area contributed by atoms with Crippen LogP contribution in [0.2, 0.25) is 0 Å². The number of fused-ring (bicyclic) bond motifs is 4. The molecule has 0 amide bonds. The van der Waals surface area contributed by atoms with Crippen LogP contribution in [0.4, 0.5) is 0 Å². The van der Waals surface area contributed by atoms with E-state index in [2.05, 4.69) is 11.4 Å². The number of phenolic OH excluding ortho intramolecular Hbond substituents is 1. The van der Waals surface area contributed by atoms with Crippen LogP contribution in [0.3, 0.4) is 0 Å². The summed E-state index contributed by atoms with van der Waals surface area (Å²) in [7, 11) is 1.59. The molecular formula is C18H18ClNO4. The van der Waals surface area contributed by atoms with Crippen LogP contribution in [-0.4, -0.2) is 25.6 Å². The third kappa shape index (κ3) is 1.91. The van der Waals surface area contributed by atoms with Crippen molar-refractivity contribution in [3.05, 3.63) is 34.9 Å². The van der Waals surface area contributed by atoms with Gasteiger partial charge in [-0.2, -0.15) is 0 Å². The molecule has 0 bridgehead atoms. The first-order valence-electron chi connectivity index (χ1n) is 7.86. The number of rotatable bonds is 1. The molecule has 0 saturated carbocycles. The second-order valence-corrected chi connectivity index (χ2v) is 6.17. The number of hydrogen-bond donors (Lipinski definition) is 2. The molecule has 24 heavy (non-hydrogen) atoms. The van der Waals surface area contributed by atoms with Crippen LogP contribution in [-0.2, 0) is 12.8 Å². The van der Waals surface area contributed by atoms with Gasteiger partial charge >= 0.3 is 0 Å². The first-order chi connectivity index (χ1) is 11.3. The van der Waals surface area contributed by atoms with Gasteiger partial charge in [0.2, 0.25) is 6.79 Å². The van der Waals surface area contributed by atoms with Crippen LogP contribution in [0.5, 0.6) is 23.0 Å². The highest BCUT2D eigenvalue weighted by molar-refractivity contribution is 5.88. The molecule has 2 heterocycles. The van der Waals surface area contributed by atoms with Gasteiger partial charge in [0.15, 0.2) is 23.0 Å². The van der Waals surface area contributed by atoms with E-state index in [1.54, 1.807) is 13.2 Å². The summed E-state index contributed by atoms with van der Waals surface area (Å²) in [5.41, 5.74) is 5.66. The predicted octanol–water partition coefficient (Wildman–Crippen LogP) is 2.96. The highest BCUT2D eigenvalue weighted by Crippen LogP contribution is 2.55. The van der Waals surface area contributed by atoms with Crippen LogP contribution in [0.1, 0.15) is 22.7 Å². The van der Waals surface area contributed by atoms with Crippen molar-refractivity contribution < 1.29 is 19.3 Å². The summed E-state index contributed by atoms with van der Waals surface area (Å²) in [6.07, 6.45) is 1.84. The lowest BCUT2D eigenvalue weighted by molar-refractivity contribution is 0.174. The Labute approximate surface area is 145 Å². The number of nitrogens with one attached hydrogen (secondary N) is 1. The minimum Gasteiger partial charge on any atom is -0.504 e. The summed E-state index contributed by atoms with van der Waals surface area (Å²) in [6.45, 7) is 1.20. The van der Waals surface area contributed by atoms with Crippen molar-refractivity contribution in [2.75, 3.05) is 20.4 Å². The van der Waals surface area contributed by atoms with E-state index in [4.69, 9.17) is 14.2 Å². The maximum Gasteiger partial charge on any atom is 0.231 e. The quantitative estimate of drug-likeness (QED) is 0.830. The average molecular weight is 348 g/mol. The standard InChI is InChI=1S/C18H17NO4.ClH/c1-21-17-12(20)3-2-9-6-11-14-10(4-5-19-11)7-13-18(23-8-22-13)16(14)15(9)17;/h2-3,7,11,19-20H,4-6,8H2,1H3;1H. The third-order valence-electron chi connectivity index (χ3n) is 5.02. The first kappa shape index (κ1) is 15.4. The molecule has 0 radical (unpaired) electrons. The molecule has 1 atom stereocenters. The minimum atomic E-state index is 0. The Morgan fingerprint density at radius 3 is 2.92 bits per heavy atom. The number of halogens is 1. The zero-order chi connectivity index (χ0) is 15.6. The molecule has 1 aliphatic carbocycles. The van der Waals surface area contributed by atoms with Gasteiger partial charge in [0.05, 0.1) is 7.11 Å². The number of hydrogen-bond acceptors (Lipinski definition) is 5. The van der Waals surface area contributed by atoms with Crippen molar-refractivity contribution in [1.29, 1.82) is 0 Å². The largest absolute Gasteiger partial charge is 0.504 e. The van der Waals surface area contributed by atoms with E-state index in [0.717, 1.165) is 47.6 Å². The van der Waals surface area contributed by atoms with Crippen molar-refractivity contribution in [3.63, 3.8) is 0 Å². The zero-order valence-electron chi connectivity index (χ0n) is 13.2. The van der Waals surface area contributed by atoms with Crippen LogP contribution >= 0.6 is 12.4 Å². The Balaban J connectivity index is 0.00000146. The maximum absolute atomic E-state index is 10.2. The lowest BCUT2D eigenvalue weighted by Crippen LogP contribution is -2.33. The van der Waals surface area contributed by atoms with Crippen LogP contribution in [0.25, 0.3) is 11.1 Å². The van der Waals surface area contributed by atoms with Gasteiger partial charge in [-0.05, 0) is 48.2 Å². The molecule has 2 aromatic rings. The van der Waals surface area contributed by atoms with E-state index in [1.807, 2.05) is 6.07 Å². The monoisotopic (exact) mass is 347 g/mol. The lowest BCUT2D eigenvalue weighted by atomic mass is 9.77. The third-order valence-corrected chi connectivity index (χ3v) is 5.02. The van der Waals surface area contributed by atoms with Crippen molar-refractivity contribution in [3.8, 4) is 34.1 Å². The van der Waals surface area contributed by atoms with E-state index in [9.17, 15) is 5.11 Å². The molecule has 3 aliphatic rings. The number of aromatic hydroxyl groups is 1. The number of benzene rings is 2. The molecule has 2 aromatic carbocycles. The summed E-state index contributed by atoms with van der Waals surface area (Å²) in [4.78, 5) is 0.